The van der Waals surface area contributed by atoms with Gasteiger partial charge in [-0.3, -0.25) is 4.79 Å². The summed E-state index contributed by atoms with van der Waals surface area (Å²) in [7, 11) is 0. The molecule has 0 aliphatic heterocycles. The number of carbonyl (C=O) groups excluding carboxylic acids is 1. The first-order chi connectivity index (χ1) is 8.62. The molecule has 1 aliphatic carbocycles. The molecule has 0 atom stereocenters. The van der Waals surface area contributed by atoms with Crippen LogP contribution < -0.4 is 10.6 Å². The minimum atomic E-state index is 0.0285. The van der Waals surface area contributed by atoms with Crippen LogP contribution in [-0.2, 0) is 4.79 Å². The van der Waals surface area contributed by atoms with Crippen LogP contribution in [0.2, 0.25) is 0 Å². The number of para-hydroxylation sites is 1. The van der Waals surface area contributed by atoms with Crippen molar-refractivity contribution in [3.8, 4) is 0 Å². The summed E-state index contributed by atoms with van der Waals surface area (Å²) in [4.78, 5) is 11.7. The lowest BCUT2D eigenvalue weighted by molar-refractivity contribution is -0.115. The molecular weight excluding hydrogens is 224 g/mol. The Balaban J connectivity index is 1.70. The Labute approximate surface area is 109 Å². The molecule has 0 spiro atoms. The van der Waals surface area contributed by atoms with Gasteiger partial charge >= 0.3 is 0 Å². The quantitative estimate of drug-likeness (QED) is 0.810. The van der Waals surface area contributed by atoms with Gasteiger partial charge in [-0.25, -0.2) is 0 Å². The van der Waals surface area contributed by atoms with Crippen molar-refractivity contribution in [3.05, 3.63) is 30.3 Å². The minimum Gasteiger partial charge on any atom is -0.325 e. The molecule has 3 heteroatoms. The van der Waals surface area contributed by atoms with Gasteiger partial charge in [-0.15, -0.1) is 0 Å². The molecule has 18 heavy (non-hydrogen) atoms. The minimum absolute atomic E-state index is 0.0285. The Hall–Kier alpha value is -1.35. The standard InChI is InChI=1S/C15H22N2O/c1-12(2)15(8-9-15)11-16-10-14(18)17-13-6-4-3-5-7-13/h3-7,12,16H,8-11H2,1-2H3,(H,17,18). The van der Waals surface area contributed by atoms with Crippen molar-refractivity contribution in [1.82, 2.24) is 5.32 Å². The molecule has 0 radical (unpaired) electrons. The fourth-order valence-electron chi connectivity index (χ4n) is 2.27. The van der Waals surface area contributed by atoms with Gasteiger partial charge in [0.15, 0.2) is 0 Å². The van der Waals surface area contributed by atoms with Crippen molar-refractivity contribution in [1.29, 1.82) is 0 Å². The smallest absolute Gasteiger partial charge is 0.238 e. The summed E-state index contributed by atoms with van der Waals surface area (Å²) in [5, 5.41) is 6.15. The first-order valence-corrected chi connectivity index (χ1v) is 6.68. The second kappa shape index (κ2) is 5.53. The van der Waals surface area contributed by atoms with E-state index in [0.717, 1.165) is 12.2 Å². The number of rotatable bonds is 6. The Kier molecular flexibility index (Phi) is 4.02. The van der Waals surface area contributed by atoms with Crippen LogP contribution in [0.4, 0.5) is 5.69 Å². The third kappa shape index (κ3) is 3.33. The van der Waals surface area contributed by atoms with Crippen LogP contribution in [0, 0.1) is 11.3 Å². The van der Waals surface area contributed by atoms with E-state index in [2.05, 4.69) is 24.5 Å². The zero-order chi connectivity index (χ0) is 13.0. The fraction of sp³-hybridized carbons (Fsp3) is 0.533. The van der Waals surface area contributed by atoms with Crippen molar-refractivity contribution < 1.29 is 4.79 Å². The topological polar surface area (TPSA) is 41.1 Å². The summed E-state index contributed by atoms with van der Waals surface area (Å²) in [6, 6.07) is 9.57. The first kappa shape index (κ1) is 13.1. The first-order valence-electron chi connectivity index (χ1n) is 6.68. The van der Waals surface area contributed by atoms with E-state index < -0.39 is 0 Å². The van der Waals surface area contributed by atoms with E-state index in [9.17, 15) is 4.79 Å². The van der Waals surface area contributed by atoms with E-state index in [1.54, 1.807) is 0 Å². The van der Waals surface area contributed by atoms with E-state index in [-0.39, 0.29) is 5.91 Å². The van der Waals surface area contributed by atoms with Gasteiger partial charge in [-0.05, 0) is 36.3 Å². The molecule has 1 aromatic rings. The maximum atomic E-state index is 11.7. The summed E-state index contributed by atoms with van der Waals surface area (Å²) in [6.07, 6.45) is 2.58. The highest BCUT2D eigenvalue weighted by atomic mass is 16.1. The lowest BCUT2D eigenvalue weighted by atomic mass is 9.92. The number of amides is 1. The summed E-state index contributed by atoms with van der Waals surface area (Å²) >= 11 is 0. The molecule has 1 saturated carbocycles. The normalized spacial score (nSPS) is 16.6. The Morgan fingerprint density at radius 3 is 2.50 bits per heavy atom. The van der Waals surface area contributed by atoms with Crippen LogP contribution in [0.15, 0.2) is 30.3 Å². The van der Waals surface area contributed by atoms with Crippen LogP contribution in [0.25, 0.3) is 0 Å². The molecule has 3 nitrogen and oxygen atoms in total. The molecule has 0 aromatic heterocycles. The molecule has 0 bridgehead atoms. The van der Waals surface area contributed by atoms with Gasteiger partial charge in [0.1, 0.15) is 0 Å². The van der Waals surface area contributed by atoms with Crippen molar-refractivity contribution in [2.75, 3.05) is 18.4 Å². The van der Waals surface area contributed by atoms with Crippen LogP contribution in [-0.4, -0.2) is 19.0 Å². The van der Waals surface area contributed by atoms with Crippen LogP contribution >= 0.6 is 0 Å². The van der Waals surface area contributed by atoms with Crippen molar-refractivity contribution >= 4 is 11.6 Å². The number of nitrogens with one attached hydrogen (secondary N) is 2. The zero-order valence-electron chi connectivity index (χ0n) is 11.2. The predicted molar refractivity (Wildman–Crippen MR) is 74.4 cm³/mol. The maximum Gasteiger partial charge on any atom is 0.238 e. The molecule has 0 unspecified atom stereocenters. The highest BCUT2D eigenvalue weighted by Crippen LogP contribution is 2.51. The molecule has 1 fully saturated rings. The van der Waals surface area contributed by atoms with E-state index in [1.807, 2.05) is 30.3 Å². The van der Waals surface area contributed by atoms with Gasteiger partial charge in [0.05, 0.1) is 6.54 Å². The molecule has 1 amide bonds. The number of carbonyl (C=O) groups is 1. The molecule has 2 rings (SSSR count). The van der Waals surface area contributed by atoms with Gasteiger partial charge in [-0.2, -0.15) is 0 Å². The van der Waals surface area contributed by atoms with Gasteiger partial charge in [0.2, 0.25) is 5.91 Å². The summed E-state index contributed by atoms with van der Waals surface area (Å²) in [5.41, 5.74) is 1.31. The fourth-order valence-corrected chi connectivity index (χ4v) is 2.27. The lowest BCUT2D eigenvalue weighted by Gasteiger charge is -2.19. The molecule has 0 saturated heterocycles. The van der Waals surface area contributed by atoms with Crippen molar-refractivity contribution in [3.63, 3.8) is 0 Å². The van der Waals surface area contributed by atoms with Gasteiger partial charge in [0, 0.05) is 12.2 Å². The molecule has 98 valence electrons. The SMILES string of the molecule is CC(C)C1(CNCC(=O)Nc2ccccc2)CC1. The van der Waals surface area contributed by atoms with Crippen LogP contribution in [0.1, 0.15) is 26.7 Å². The monoisotopic (exact) mass is 246 g/mol. The van der Waals surface area contributed by atoms with Gasteiger partial charge < -0.3 is 10.6 Å². The Morgan fingerprint density at radius 2 is 1.94 bits per heavy atom. The lowest BCUT2D eigenvalue weighted by Crippen LogP contribution is -2.34. The third-order valence-corrected chi connectivity index (χ3v) is 3.94. The Morgan fingerprint density at radius 1 is 1.28 bits per heavy atom. The number of hydrogen-bond acceptors (Lipinski definition) is 2. The van der Waals surface area contributed by atoms with Crippen molar-refractivity contribution in [2.24, 2.45) is 11.3 Å². The average Bonchev–Trinajstić information content (AvgIpc) is 3.11. The number of anilines is 1. The summed E-state index contributed by atoms with van der Waals surface area (Å²) < 4.78 is 0. The van der Waals surface area contributed by atoms with Gasteiger partial charge in [-0.1, -0.05) is 32.0 Å². The van der Waals surface area contributed by atoms with Crippen LogP contribution in [0.5, 0.6) is 0 Å². The average molecular weight is 246 g/mol. The number of benzene rings is 1. The molecule has 0 heterocycles. The van der Waals surface area contributed by atoms with Crippen LogP contribution in [0.3, 0.4) is 0 Å². The maximum absolute atomic E-state index is 11.7. The van der Waals surface area contributed by atoms with Gasteiger partial charge in [0.25, 0.3) is 0 Å². The summed E-state index contributed by atoms with van der Waals surface area (Å²) in [5.74, 6) is 0.725. The second-order valence-corrected chi connectivity index (χ2v) is 5.53. The highest BCUT2D eigenvalue weighted by Gasteiger charge is 2.44. The molecular formula is C15H22N2O. The Bertz CT molecular complexity index is 396. The van der Waals surface area contributed by atoms with E-state index in [4.69, 9.17) is 0 Å². The predicted octanol–water partition coefficient (Wildman–Crippen LogP) is 2.65. The van der Waals surface area contributed by atoms with E-state index in [0.29, 0.717) is 17.9 Å². The largest absolute Gasteiger partial charge is 0.325 e. The molecule has 1 aromatic carbocycles. The van der Waals surface area contributed by atoms with E-state index >= 15 is 0 Å². The zero-order valence-corrected chi connectivity index (χ0v) is 11.2. The third-order valence-electron chi connectivity index (χ3n) is 3.94. The number of hydrogen-bond donors (Lipinski definition) is 2. The summed E-state index contributed by atoms with van der Waals surface area (Å²) in [6.45, 7) is 5.87. The van der Waals surface area contributed by atoms with Crippen molar-refractivity contribution in [2.45, 2.75) is 26.7 Å². The molecule has 2 N–H and O–H groups in total. The van der Waals surface area contributed by atoms with E-state index in [1.165, 1.54) is 12.8 Å². The second-order valence-electron chi connectivity index (χ2n) is 5.53. The molecule has 1 aliphatic rings. The highest BCUT2D eigenvalue weighted by molar-refractivity contribution is 5.92.